The van der Waals surface area contributed by atoms with E-state index in [9.17, 15) is 19.5 Å². The Balaban J connectivity index is 1.43. The highest BCUT2D eigenvalue weighted by atomic mass is 16.5. The largest absolute Gasteiger partial charge is 0.493 e. The number of carbonyl (C=O) groups is 3. The van der Waals surface area contributed by atoms with Gasteiger partial charge in [-0.25, -0.2) is 4.79 Å². The highest BCUT2D eigenvalue weighted by molar-refractivity contribution is 6.14. The van der Waals surface area contributed by atoms with Crippen molar-refractivity contribution in [1.82, 2.24) is 5.32 Å². The van der Waals surface area contributed by atoms with Gasteiger partial charge in [0.15, 0.2) is 23.9 Å². The van der Waals surface area contributed by atoms with E-state index >= 15 is 0 Å². The molecule has 1 amide bonds. The molecule has 202 valence electrons. The quantitative estimate of drug-likeness (QED) is 0.356. The van der Waals surface area contributed by atoms with Gasteiger partial charge < -0.3 is 34.1 Å². The lowest BCUT2D eigenvalue weighted by Gasteiger charge is -2.15. The number of carbonyl (C=O) groups excluding carboxylic acids is 2. The number of fused-ring (bicyclic) bond motifs is 1. The number of carboxylic acid groups (broad SMARTS) is 1. The van der Waals surface area contributed by atoms with Crippen molar-refractivity contribution in [1.29, 1.82) is 0 Å². The molecule has 0 fully saturated rings. The molecule has 4 rings (SSSR count). The monoisotopic (exact) mass is 533 g/mol. The Morgan fingerprint density at radius 1 is 0.974 bits per heavy atom. The number of carboxylic acids is 1. The fraction of sp³-hybridized carbons (Fsp3) is 0.207. The van der Waals surface area contributed by atoms with Crippen molar-refractivity contribution in [3.8, 4) is 28.7 Å². The summed E-state index contributed by atoms with van der Waals surface area (Å²) < 4.78 is 27.5. The van der Waals surface area contributed by atoms with Gasteiger partial charge in [-0.15, -0.1) is 0 Å². The van der Waals surface area contributed by atoms with Crippen LogP contribution in [0, 0.1) is 0 Å². The first-order valence-corrected chi connectivity index (χ1v) is 11.9. The Morgan fingerprint density at radius 3 is 2.38 bits per heavy atom. The molecule has 0 aliphatic carbocycles. The fourth-order valence-electron chi connectivity index (χ4n) is 4.07. The summed E-state index contributed by atoms with van der Waals surface area (Å²) in [7, 11) is 4.47. The minimum absolute atomic E-state index is 0.0654. The van der Waals surface area contributed by atoms with E-state index in [1.165, 1.54) is 45.6 Å². The third-order valence-electron chi connectivity index (χ3n) is 5.95. The van der Waals surface area contributed by atoms with Gasteiger partial charge in [-0.2, -0.15) is 0 Å². The van der Waals surface area contributed by atoms with Gasteiger partial charge >= 0.3 is 5.97 Å². The minimum Gasteiger partial charge on any atom is -0.493 e. The van der Waals surface area contributed by atoms with Crippen LogP contribution in [0.3, 0.4) is 0 Å². The number of amides is 1. The van der Waals surface area contributed by atoms with E-state index in [-0.39, 0.29) is 29.5 Å². The first kappa shape index (κ1) is 27.1. The molecule has 2 N–H and O–H groups in total. The van der Waals surface area contributed by atoms with E-state index in [4.69, 9.17) is 23.7 Å². The molecule has 1 atom stereocenters. The molecule has 10 nitrogen and oxygen atoms in total. The number of hydrogen-bond donors (Lipinski definition) is 2. The predicted molar refractivity (Wildman–Crippen MR) is 141 cm³/mol. The molecule has 0 aromatic heterocycles. The molecular formula is C29H27NO9. The summed E-state index contributed by atoms with van der Waals surface area (Å²) in [4.78, 5) is 36.9. The van der Waals surface area contributed by atoms with Crippen LogP contribution in [0.2, 0.25) is 0 Å². The second-order valence-corrected chi connectivity index (χ2v) is 8.46. The summed E-state index contributed by atoms with van der Waals surface area (Å²) in [6, 6.07) is 15.8. The van der Waals surface area contributed by atoms with Crippen LogP contribution in [0.15, 0.2) is 66.4 Å². The second-order valence-electron chi connectivity index (χ2n) is 8.46. The lowest BCUT2D eigenvalue weighted by Crippen LogP contribution is -2.44. The first-order chi connectivity index (χ1) is 18.8. The Hall–Kier alpha value is -4.99. The van der Waals surface area contributed by atoms with Crippen LogP contribution in [0.1, 0.15) is 21.5 Å². The van der Waals surface area contributed by atoms with E-state index in [2.05, 4.69) is 5.32 Å². The molecule has 0 unspecified atom stereocenters. The summed E-state index contributed by atoms with van der Waals surface area (Å²) >= 11 is 0. The van der Waals surface area contributed by atoms with Gasteiger partial charge in [0.2, 0.25) is 11.5 Å². The van der Waals surface area contributed by atoms with E-state index in [0.29, 0.717) is 28.4 Å². The SMILES string of the molecule is COc1ccc(C=C2Oc3cc(OCC(=O)N[C@@H](Cc4ccccc4)C(=O)O)ccc3C2=O)c(OC)c1OC. The van der Waals surface area contributed by atoms with Crippen LogP contribution in [-0.2, 0) is 16.0 Å². The van der Waals surface area contributed by atoms with Crippen LogP contribution in [-0.4, -0.2) is 56.7 Å². The Bertz CT molecular complexity index is 1420. The second kappa shape index (κ2) is 12.0. The number of ketones is 1. The minimum atomic E-state index is -1.15. The maximum absolute atomic E-state index is 12.9. The van der Waals surface area contributed by atoms with Crippen LogP contribution in [0.4, 0.5) is 0 Å². The molecule has 0 spiro atoms. The molecule has 0 saturated carbocycles. The smallest absolute Gasteiger partial charge is 0.326 e. The summed E-state index contributed by atoms with van der Waals surface area (Å²) in [6.45, 7) is -0.420. The molecule has 1 aliphatic heterocycles. The van der Waals surface area contributed by atoms with Gasteiger partial charge in [-0.3, -0.25) is 9.59 Å². The van der Waals surface area contributed by atoms with Crippen molar-refractivity contribution < 1.29 is 43.2 Å². The molecule has 3 aromatic rings. The van der Waals surface area contributed by atoms with E-state index < -0.39 is 24.5 Å². The van der Waals surface area contributed by atoms with Crippen molar-refractivity contribution in [3.05, 3.63) is 83.1 Å². The van der Waals surface area contributed by atoms with Crippen LogP contribution in [0.25, 0.3) is 6.08 Å². The van der Waals surface area contributed by atoms with Crippen molar-refractivity contribution in [2.75, 3.05) is 27.9 Å². The van der Waals surface area contributed by atoms with Gasteiger partial charge in [0, 0.05) is 18.1 Å². The number of allylic oxidation sites excluding steroid dienone is 1. The van der Waals surface area contributed by atoms with E-state index in [1.54, 1.807) is 36.4 Å². The fourth-order valence-corrected chi connectivity index (χ4v) is 4.07. The number of benzene rings is 3. The summed E-state index contributed by atoms with van der Waals surface area (Å²) in [5, 5.41) is 12.0. The third-order valence-corrected chi connectivity index (χ3v) is 5.95. The molecule has 0 saturated heterocycles. The van der Waals surface area contributed by atoms with Crippen LogP contribution >= 0.6 is 0 Å². The van der Waals surface area contributed by atoms with Crippen molar-refractivity contribution >= 4 is 23.7 Å². The van der Waals surface area contributed by atoms with Crippen molar-refractivity contribution in [2.45, 2.75) is 12.5 Å². The van der Waals surface area contributed by atoms with Gasteiger partial charge in [0.25, 0.3) is 5.91 Å². The average molecular weight is 534 g/mol. The first-order valence-electron chi connectivity index (χ1n) is 11.9. The molecule has 1 aliphatic rings. The number of hydrogen-bond acceptors (Lipinski definition) is 8. The molecule has 39 heavy (non-hydrogen) atoms. The van der Waals surface area contributed by atoms with Crippen molar-refractivity contribution in [3.63, 3.8) is 0 Å². The Kier molecular flexibility index (Phi) is 8.35. The average Bonchev–Trinajstić information content (AvgIpc) is 3.25. The number of ether oxygens (including phenoxy) is 5. The number of rotatable bonds is 11. The zero-order valence-corrected chi connectivity index (χ0v) is 21.6. The van der Waals surface area contributed by atoms with Crippen LogP contribution < -0.4 is 29.0 Å². The highest BCUT2D eigenvalue weighted by Gasteiger charge is 2.29. The van der Waals surface area contributed by atoms with Gasteiger partial charge in [0.1, 0.15) is 17.5 Å². The van der Waals surface area contributed by atoms with Gasteiger partial charge in [0.05, 0.1) is 26.9 Å². The number of methoxy groups -OCH3 is 3. The Morgan fingerprint density at radius 2 is 1.72 bits per heavy atom. The molecule has 3 aromatic carbocycles. The summed E-state index contributed by atoms with van der Waals surface area (Å²) in [5.74, 6) is -0.267. The lowest BCUT2D eigenvalue weighted by atomic mass is 10.1. The van der Waals surface area contributed by atoms with E-state index in [0.717, 1.165) is 5.56 Å². The topological polar surface area (TPSA) is 130 Å². The van der Waals surface area contributed by atoms with Crippen LogP contribution in [0.5, 0.6) is 28.7 Å². The zero-order chi connectivity index (χ0) is 27.9. The summed E-state index contributed by atoms with van der Waals surface area (Å²) in [6.07, 6.45) is 1.67. The van der Waals surface area contributed by atoms with Crippen molar-refractivity contribution in [2.24, 2.45) is 0 Å². The van der Waals surface area contributed by atoms with Gasteiger partial charge in [-0.05, 0) is 35.9 Å². The molecular weight excluding hydrogens is 506 g/mol. The predicted octanol–water partition coefficient (Wildman–Crippen LogP) is 3.52. The molecule has 10 heteroatoms. The van der Waals surface area contributed by atoms with E-state index in [1.807, 2.05) is 6.07 Å². The Labute approximate surface area is 224 Å². The number of aliphatic carboxylic acids is 1. The third kappa shape index (κ3) is 6.12. The molecule has 0 radical (unpaired) electrons. The highest BCUT2D eigenvalue weighted by Crippen LogP contribution is 2.42. The zero-order valence-electron chi connectivity index (χ0n) is 21.6. The van der Waals surface area contributed by atoms with Gasteiger partial charge in [-0.1, -0.05) is 30.3 Å². The number of Topliss-reactive ketones (excluding diaryl/α,β-unsaturated/α-hetero) is 1. The maximum Gasteiger partial charge on any atom is 0.326 e. The number of nitrogens with one attached hydrogen (secondary N) is 1. The lowest BCUT2D eigenvalue weighted by molar-refractivity contribution is -0.142. The normalized spacial score (nSPS) is 13.7. The summed E-state index contributed by atoms with van der Waals surface area (Å²) in [5.41, 5.74) is 1.65. The molecule has 1 heterocycles. The molecule has 0 bridgehead atoms. The maximum atomic E-state index is 12.9. The standard InChI is InChI=1S/C29H27NO9/c1-35-22-12-9-18(27(36-2)28(22)37-3)14-24-26(32)20-11-10-19(15-23(20)39-24)38-16-25(31)30-21(29(33)34)13-17-7-5-4-6-8-17/h4-12,14-15,21H,13,16H2,1-3H3,(H,30,31)(H,33,34)/t21-/m0/s1.